The van der Waals surface area contributed by atoms with Crippen molar-refractivity contribution in [3.63, 3.8) is 0 Å². The highest BCUT2D eigenvalue weighted by Crippen LogP contribution is 2.19. The molecule has 1 heterocycles. The van der Waals surface area contributed by atoms with Gasteiger partial charge >= 0.3 is 0 Å². The molecule has 86 valence electrons. The van der Waals surface area contributed by atoms with E-state index in [0.29, 0.717) is 5.92 Å². The fourth-order valence-corrected chi connectivity index (χ4v) is 1.65. The van der Waals surface area contributed by atoms with Crippen LogP contribution in [0.5, 0.6) is 0 Å². The van der Waals surface area contributed by atoms with E-state index in [9.17, 15) is 10.1 Å². The molecule has 6 heteroatoms. The Labute approximate surface area is 89.7 Å². The third-order valence-corrected chi connectivity index (χ3v) is 2.29. The third kappa shape index (κ3) is 2.81. The van der Waals surface area contributed by atoms with Gasteiger partial charge in [-0.15, -0.1) is 0 Å². The van der Waals surface area contributed by atoms with Crippen molar-refractivity contribution in [2.24, 2.45) is 11.0 Å². The van der Waals surface area contributed by atoms with E-state index in [4.69, 9.17) is 0 Å². The monoisotopic (exact) mass is 214 g/mol. The first-order chi connectivity index (χ1) is 7.06. The molecule has 15 heavy (non-hydrogen) atoms. The summed E-state index contributed by atoms with van der Waals surface area (Å²) in [6.45, 7) is 6.91. The van der Waals surface area contributed by atoms with E-state index in [1.807, 2.05) is 6.92 Å². The van der Waals surface area contributed by atoms with Crippen LogP contribution in [0.2, 0.25) is 0 Å². The van der Waals surface area contributed by atoms with Gasteiger partial charge in [-0.2, -0.15) is 5.10 Å². The Bertz CT molecular complexity index is 254. The highest BCUT2D eigenvalue weighted by molar-refractivity contribution is 5.55. The molecule has 1 atom stereocenters. The van der Waals surface area contributed by atoms with Crippen LogP contribution < -0.4 is 0 Å². The van der Waals surface area contributed by atoms with Gasteiger partial charge in [0.2, 0.25) is 0 Å². The van der Waals surface area contributed by atoms with Gasteiger partial charge in [0.1, 0.15) is 0 Å². The molecular formula is C9H18N4O2. The minimum atomic E-state index is -0.397. The summed E-state index contributed by atoms with van der Waals surface area (Å²) in [6, 6.07) is 0. The number of rotatable bonds is 5. The average Bonchev–Trinajstić information content (AvgIpc) is 2.48. The fraction of sp³-hybridized carbons (Fsp3) is 0.889. The largest absolute Gasteiger partial charge is 0.267 e. The van der Waals surface area contributed by atoms with Crippen LogP contribution in [0.15, 0.2) is 5.10 Å². The zero-order chi connectivity index (χ0) is 11.4. The summed E-state index contributed by atoms with van der Waals surface area (Å²) in [7, 11) is 0. The Morgan fingerprint density at radius 3 is 2.73 bits per heavy atom. The molecule has 1 aliphatic rings. The molecule has 0 aromatic carbocycles. The van der Waals surface area contributed by atoms with Crippen molar-refractivity contribution in [3.05, 3.63) is 10.1 Å². The van der Waals surface area contributed by atoms with Crippen LogP contribution in [0.1, 0.15) is 33.6 Å². The molecule has 0 fully saturated rings. The van der Waals surface area contributed by atoms with Gasteiger partial charge in [-0.3, -0.25) is 5.01 Å². The Morgan fingerprint density at radius 1 is 1.60 bits per heavy atom. The van der Waals surface area contributed by atoms with Crippen LogP contribution in [0, 0.1) is 16.0 Å². The highest BCUT2D eigenvalue weighted by atomic mass is 16.7. The molecule has 0 amide bonds. The fourth-order valence-electron chi connectivity index (χ4n) is 1.65. The molecule has 0 aromatic heterocycles. The topological polar surface area (TPSA) is 62.0 Å². The predicted molar refractivity (Wildman–Crippen MR) is 57.6 cm³/mol. The molecule has 0 spiro atoms. The van der Waals surface area contributed by atoms with Gasteiger partial charge in [-0.1, -0.05) is 25.8 Å². The number of hydrazine groups is 1. The summed E-state index contributed by atoms with van der Waals surface area (Å²) < 4.78 is 0. The third-order valence-electron chi connectivity index (χ3n) is 2.29. The molecule has 0 saturated heterocycles. The highest BCUT2D eigenvalue weighted by Gasteiger charge is 2.35. The summed E-state index contributed by atoms with van der Waals surface area (Å²) in [5, 5.41) is 17.3. The lowest BCUT2D eigenvalue weighted by molar-refractivity contribution is -0.638. The van der Waals surface area contributed by atoms with E-state index in [1.54, 1.807) is 5.01 Å². The maximum atomic E-state index is 10.8. The lowest BCUT2D eigenvalue weighted by Gasteiger charge is -2.25. The van der Waals surface area contributed by atoms with Crippen molar-refractivity contribution in [1.82, 2.24) is 10.0 Å². The van der Waals surface area contributed by atoms with Crippen LogP contribution in [0.25, 0.3) is 0 Å². The molecule has 0 bridgehead atoms. The van der Waals surface area contributed by atoms with Crippen LogP contribution in [-0.2, 0) is 0 Å². The van der Waals surface area contributed by atoms with E-state index in [2.05, 4.69) is 18.9 Å². The van der Waals surface area contributed by atoms with Crippen LogP contribution >= 0.6 is 0 Å². The summed E-state index contributed by atoms with van der Waals surface area (Å²) >= 11 is 0. The molecule has 1 aliphatic heterocycles. The Hall–Kier alpha value is -1.33. The lowest BCUT2D eigenvalue weighted by atomic mass is 10.1. The van der Waals surface area contributed by atoms with Crippen molar-refractivity contribution in [1.29, 1.82) is 0 Å². The van der Waals surface area contributed by atoms with Crippen molar-refractivity contribution in [2.75, 3.05) is 6.54 Å². The summed E-state index contributed by atoms with van der Waals surface area (Å²) in [5.74, 6) is 0.415. The van der Waals surface area contributed by atoms with E-state index >= 15 is 0 Å². The minimum Gasteiger partial charge on any atom is -0.267 e. The smallest absolute Gasteiger partial charge is 0.183 e. The zero-order valence-corrected chi connectivity index (χ0v) is 9.46. The number of hydrogen-bond donors (Lipinski definition) is 0. The number of hydrogen-bond acceptors (Lipinski definition) is 4. The van der Waals surface area contributed by atoms with Crippen LogP contribution in [0.3, 0.4) is 0 Å². The second kappa shape index (κ2) is 4.95. The molecular weight excluding hydrogens is 196 g/mol. The summed E-state index contributed by atoms with van der Waals surface area (Å²) in [5.41, 5.74) is 0. The second-order valence-electron chi connectivity index (χ2n) is 4.12. The number of hydrazone groups is 1. The van der Waals surface area contributed by atoms with Gasteiger partial charge in [0.15, 0.2) is 17.5 Å². The Morgan fingerprint density at radius 2 is 2.27 bits per heavy atom. The SMILES string of the molecule is CCCN1N=CN([N+](=O)[O-])C1CC(C)C. The maximum absolute atomic E-state index is 10.8. The molecule has 0 saturated carbocycles. The minimum absolute atomic E-state index is 0.222. The van der Waals surface area contributed by atoms with Crippen LogP contribution in [0.4, 0.5) is 0 Å². The summed E-state index contributed by atoms with van der Waals surface area (Å²) in [6.07, 6.45) is 2.78. The van der Waals surface area contributed by atoms with E-state index in [-0.39, 0.29) is 6.17 Å². The zero-order valence-electron chi connectivity index (χ0n) is 9.46. The normalized spacial score (nSPS) is 20.4. The van der Waals surface area contributed by atoms with Crippen molar-refractivity contribution in [3.8, 4) is 0 Å². The predicted octanol–water partition coefficient (Wildman–Crippen LogP) is 1.52. The number of nitrogens with zero attached hydrogens (tertiary/aromatic N) is 4. The van der Waals surface area contributed by atoms with Gasteiger partial charge in [0.25, 0.3) is 0 Å². The van der Waals surface area contributed by atoms with Crippen molar-refractivity contribution >= 4 is 6.34 Å². The van der Waals surface area contributed by atoms with Gasteiger partial charge in [0, 0.05) is 6.54 Å². The quantitative estimate of drug-likeness (QED) is 0.514. The average molecular weight is 214 g/mol. The first-order valence-corrected chi connectivity index (χ1v) is 5.29. The van der Waals surface area contributed by atoms with E-state index in [1.165, 1.54) is 6.34 Å². The molecule has 0 aromatic rings. The molecule has 1 rings (SSSR count). The van der Waals surface area contributed by atoms with Gasteiger partial charge in [0.05, 0.1) is 0 Å². The Balaban J connectivity index is 2.68. The second-order valence-corrected chi connectivity index (χ2v) is 4.12. The molecule has 0 N–H and O–H groups in total. The van der Waals surface area contributed by atoms with Gasteiger partial charge in [-0.05, 0) is 18.8 Å². The molecule has 1 unspecified atom stereocenters. The maximum Gasteiger partial charge on any atom is 0.183 e. The Kier molecular flexibility index (Phi) is 3.88. The van der Waals surface area contributed by atoms with E-state index in [0.717, 1.165) is 24.4 Å². The van der Waals surface area contributed by atoms with Gasteiger partial charge in [-0.25, -0.2) is 10.1 Å². The molecule has 6 nitrogen and oxygen atoms in total. The lowest BCUT2D eigenvalue weighted by Crippen LogP contribution is -2.43. The van der Waals surface area contributed by atoms with Gasteiger partial charge < -0.3 is 0 Å². The standard InChI is InChI=1S/C9H18N4O2/c1-4-5-11-9(6-8(2)3)12(7-10-11)13(14)15/h7-9H,4-6H2,1-3H3. The molecule has 0 aliphatic carbocycles. The van der Waals surface area contributed by atoms with Crippen LogP contribution in [-0.4, -0.2) is 34.1 Å². The first kappa shape index (κ1) is 11.7. The van der Waals surface area contributed by atoms with Crippen molar-refractivity contribution < 1.29 is 5.03 Å². The molecule has 0 radical (unpaired) electrons. The van der Waals surface area contributed by atoms with E-state index < -0.39 is 5.03 Å². The number of nitro groups is 1. The van der Waals surface area contributed by atoms with Crippen molar-refractivity contribution in [2.45, 2.75) is 39.8 Å². The first-order valence-electron chi connectivity index (χ1n) is 5.29. The summed E-state index contributed by atoms with van der Waals surface area (Å²) in [4.78, 5) is 10.8.